The molecule has 3 heterocycles. The van der Waals surface area contributed by atoms with Crippen LogP contribution >= 0.6 is 0 Å². The third-order valence-corrected chi connectivity index (χ3v) is 6.69. The molecule has 4 nitrogen and oxygen atoms in total. The topological polar surface area (TPSA) is 30.3 Å². The van der Waals surface area contributed by atoms with Crippen molar-refractivity contribution in [2.45, 2.75) is 39.7 Å². The molecule has 174 valence electrons. The summed E-state index contributed by atoms with van der Waals surface area (Å²) in [6, 6.07) is 27.3. The first kappa shape index (κ1) is 22.4. The minimum Gasteiger partial charge on any atom is -0.454 e. The number of hydrogen-bond acceptors (Lipinski definition) is 3. The molecule has 0 radical (unpaired) electrons. The number of hydrogen-bond donors (Lipinski definition) is 0. The Balaban J connectivity index is 0.00000117. The Hall–Kier alpha value is -3.37. The molecule has 0 spiro atoms. The second-order valence-electron chi connectivity index (χ2n) is 8.90. The summed E-state index contributed by atoms with van der Waals surface area (Å²) in [5.74, 6) is 3.46. The van der Waals surface area contributed by atoms with E-state index >= 15 is 0 Å². The van der Waals surface area contributed by atoms with E-state index < -0.39 is 0 Å². The number of para-hydroxylation sites is 3. The van der Waals surface area contributed by atoms with E-state index in [9.17, 15) is 0 Å². The van der Waals surface area contributed by atoms with Crippen molar-refractivity contribution in [3.63, 3.8) is 0 Å². The lowest BCUT2D eigenvalue weighted by Crippen LogP contribution is -2.34. The molecule has 0 aliphatic carbocycles. The second-order valence-corrected chi connectivity index (χ2v) is 8.90. The van der Waals surface area contributed by atoms with Crippen molar-refractivity contribution in [3.05, 3.63) is 96.3 Å². The fourth-order valence-electron chi connectivity index (χ4n) is 5.01. The molecule has 3 aromatic carbocycles. The zero-order chi connectivity index (χ0) is 23.3. The smallest absolute Gasteiger partial charge is 0.151 e. The molecule has 0 amide bonds. The number of aromatic nitrogens is 2. The Labute approximate surface area is 202 Å². The second kappa shape index (κ2) is 10.3. The molecule has 1 saturated heterocycles. The number of imidazole rings is 1. The van der Waals surface area contributed by atoms with E-state index in [0.717, 1.165) is 59.8 Å². The molecular formula is C30H33N3O. The first-order valence-electron chi connectivity index (χ1n) is 12.5. The van der Waals surface area contributed by atoms with Crippen LogP contribution in [0, 0.1) is 5.92 Å². The van der Waals surface area contributed by atoms with Crippen LogP contribution in [0.1, 0.15) is 37.9 Å². The number of nitrogens with zero attached hydrogens (tertiary/aromatic N) is 3. The van der Waals surface area contributed by atoms with E-state index in [1.165, 1.54) is 24.8 Å². The predicted molar refractivity (Wildman–Crippen MR) is 139 cm³/mol. The average Bonchev–Trinajstić information content (AvgIpc) is 3.26. The van der Waals surface area contributed by atoms with Gasteiger partial charge >= 0.3 is 0 Å². The van der Waals surface area contributed by atoms with Crippen LogP contribution in [0.4, 0.5) is 0 Å². The highest BCUT2D eigenvalue weighted by atomic mass is 16.5. The Kier molecular flexibility index (Phi) is 6.77. The summed E-state index contributed by atoms with van der Waals surface area (Å²) in [5.41, 5.74) is 4.66. The normalized spacial score (nSPS) is 15.1. The van der Waals surface area contributed by atoms with E-state index in [4.69, 9.17) is 9.72 Å². The quantitative estimate of drug-likeness (QED) is 0.291. The van der Waals surface area contributed by atoms with Crippen LogP contribution in [0.5, 0.6) is 11.5 Å². The molecule has 4 heteroatoms. The molecular weight excluding hydrogens is 418 g/mol. The molecule has 1 fully saturated rings. The van der Waals surface area contributed by atoms with Crippen molar-refractivity contribution in [1.29, 1.82) is 0 Å². The summed E-state index contributed by atoms with van der Waals surface area (Å²) < 4.78 is 8.42. The highest BCUT2D eigenvalue weighted by Gasteiger charge is 2.24. The van der Waals surface area contributed by atoms with Gasteiger partial charge in [0, 0.05) is 12.7 Å². The highest BCUT2D eigenvalue weighted by Crippen LogP contribution is 2.40. The lowest BCUT2D eigenvalue weighted by Gasteiger charge is -2.31. The Morgan fingerprint density at radius 1 is 0.824 bits per heavy atom. The van der Waals surface area contributed by atoms with Gasteiger partial charge in [0.25, 0.3) is 0 Å². The predicted octanol–water partition coefficient (Wildman–Crippen LogP) is 7.13. The van der Waals surface area contributed by atoms with Crippen molar-refractivity contribution in [3.8, 4) is 28.6 Å². The maximum atomic E-state index is 6.22. The summed E-state index contributed by atoms with van der Waals surface area (Å²) in [6.45, 7) is 7.16. The van der Waals surface area contributed by atoms with Crippen molar-refractivity contribution >= 4 is 0 Å². The minimum absolute atomic E-state index is 0.781. The molecule has 0 N–H and O–H groups in total. The SMILES string of the molecule is CC.c1ccc(CC2CCN(Cc3cn4c(n3)-c3ccccc3Oc3ccccc3-4)CC2)cc1. The molecule has 2 aliphatic rings. The van der Waals surface area contributed by atoms with E-state index in [1.807, 2.05) is 44.2 Å². The number of benzene rings is 3. The molecule has 1 aromatic heterocycles. The molecule has 0 saturated carbocycles. The number of likely N-dealkylation sites (tertiary alicyclic amines) is 1. The first-order chi connectivity index (χ1) is 16.8. The molecule has 6 rings (SSSR count). The summed E-state index contributed by atoms with van der Waals surface area (Å²) in [7, 11) is 0. The third kappa shape index (κ3) is 4.64. The maximum Gasteiger partial charge on any atom is 0.151 e. The van der Waals surface area contributed by atoms with Gasteiger partial charge in [-0.3, -0.25) is 9.47 Å². The highest BCUT2D eigenvalue weighted by molar-refractivity contribution is 5.71. The van der Waals surface area contributed by atoms with Gasteiger partial charge < -0.3 is 4.74 Å². The van der Waals surface area contributed by atoms with Crippen LogP contribution in [0.15, 0.2) is 85.1 Å². The summed E-state index contributed by atoms with van der Waals surface area (Å²) >= 11 is 0. The van der Waals surface area contributed by atoms with Gasteiger partial charge in [-0.05, 0) is 68.1 Å². The van der Waals surface area contributed by atoms with Crippen molar-refractivity contribution in [1.82, 2.24) is 14.5 Å². The number of piperidine rings is 1. The van der Waals surface area contributed by atoms with Crippen molar-refractivity contribution in [2.75, 3.05) is 13.1 Å². The average molecular weight is 452 g/mol. The van der Waals surface area contributed by atoms with Gasteiger partial charge in [-0.2, -0.15) is 0 Å². The van der Waals surface area contributed by atoms with Crippen LogP contribution in [-0.2, 0) is 13.0 Å². The largest absolute Gasteiger partial charge is 0.454 e. The van der Waals surface area contributed by atoms with E-state index in [1.54, 1.807) is 0 Å². The van der Waals surface area contributed by atoms with Crippen LogP contribution in [0.3, 0.4) is 0 Å². The van der Waals surface area contributed by atoms with Gasteiger partial charge in [0.05, 0.1) is 16.9 Å². The van der Waals surface area contributed by atoms with Gasteiger partial charge in [-0.25, -0.2) is 4.98 Å². The van der Waals surface area contributed by atoms with Gasteiger partial charge in [0.1, 0.15) is 11.6 Å². The molecule has 0 atom stereocenters. The van der Waals surface area contributed by atoms with Crippen LogP contribution in [-0.4, -0.2) is 27.5 Å². The Morgan fingerprint density at radius 3 is 2.29 bits per heavy atom. The lowest BCUT2D eigenvalue weighted by atomic mass is 9.90. The van der Waals surface area contributed by atoms with Gasteiger partial charge in [-0.1, -0.05) is 68.4 Å². The number of rotatable bonds is 4. The summed E-state index contributed by atoms with van der Waals surface area (Å²) in [5, 5.41) is 0. The molecule has 34 heavy (non-hydrogen) atoms. The monoisotopic (exact) mass is 451 g/mol. The minimum atomic E-state index is 0.781. The zero-order valence-electron chi connectivity index (χ0n) is 20.2. The lowest BCUT2D eigenvalue weighted by molar-refractivity contribution is 0.175. The zero-order valence-corrected chi connectivity index (χ0v) is 20.2. The third-order valence-electron chi connectivity index (χ3n) is 6.69. The Bertz CT molecular complexity index is 1160. The summed E-state index contributed by atoms with van der Waals surface area (Å²) in [4.78, 5) is 7.63. The van der Waals surface area contributed by atoms with E-state index in [-0.39, 0.29) is 0 Å². The molecule has 0 bridgehead atoms. The van der Waals surface area contributed by atoms with Crippen LogP contribution in [0.2, 0.25) is 0 Å². The molecule has 4 aromatic rings. The summed E-state index contributed by atoms with van der Waals surface area (Å²) in [6.07, 6.45) is 5.89. The standard InChI is InChI=1S/C28H27N3O.C2H6/c1-2-8-21(9-3-1)18-22-14-16-30(17-15-22)19-23-20-31-25-11-5-7-13-27(25)32-26-12-6-4-10-24(26)28(31)29-23;1-2/h1-13,20,22H,14-19H2;1-2H3. The molecule has 0 unspecified atom stereocenters. The maximum absolute atomic E-state index is 6.22. The molecule has 2 aliphatic heterocycles. The number of fused-ring (bicyclic) bond motifs is 5. The van der Waals surface area contributed by atoms with E-state index in [0.29, 0.717) is 0 Å². The fraction of sp³-hybridized carbons (Fsp3) is 0.300. The van der Waals surface area contributed by atoms with E-state index in [2.05, 4.69) is 64.2 Å². The van der Waals surface area contributed by atoms with Crippen molar-refractivity contribution in [2.24, 2.45) is 5.92 Å². The Morgan fingerprint density at radius 2 is 1.50 bits per heavy atom. The van der Waals surface area contributed by atoms with Crippen molar-refractivity contribution < 1.29 is 4.74 Å². The van der Waals surface area contributed by atoms with Gasteiger partial charge in [-0.15, -0.1) is 0 Å². The van der Waals surface area contributed by atoms with Crippen LogP contribution < -0.4 is 4.74 Å². The first-order valence-corrected chi connectivity index (χ1v) is 12.5. The fourth-order valence-corrected chi connectivity index (χ4v) is 5.01. The van der Waals surface area contributed by atoms with Gasteiger partial charge in [0.2, 0.25) is 0 Å². The number of ether oxygens (including phenoxy) is 1. The van der Waals surface area contributed by atoms with Gasteiger partial charge in [0.15, 0.2) is 5.75 Å². The van der Waals surface area contributed by atoms with Crippen LogP contribution in [0.25, 0.3) is 17.1 Å².